The topological polar surface area (TPSA) is 96.4 Å². The van der Waals surface area contributed by atoms with Crippen LogP contribution in [0.5, 0.6) is 0 Å². The quantitative estimate of drug-likeness (QED) is 0.560. The summed E-state index contributed by atoms with van der Waals surface area (Å²) in [6, 6.07) is 2.34. The number of rotatable bonds is 7. The molecule has 0 aromatic carbocycles. The van der Waals surface area contributed by atoms with Crippen molar-refractivity contribution in [3.8, 4) is 12.3 Å². The Kier molecular flexibility index (Phi) is 5.82. The fraction of sp³-hybridized carbons (Fsp3) is 0.273. The maximum Gasteiger partial charge on any atom is 0.337 e. The van der Waals surface area contributed by atoms with Crippen molar-refractivity contribution in [3.63, 3.8) is 0 Å². The van der Waals surface area contributed by atoms with Crippen LogP contribution >= 0.6 is 11.8 Å². The zero-order valence-corrected chi connectivity index (χ0v) is 11.5. The number of pyridine rings is 1. The van der Waals surface area contributed by atoms with Crippen LogP contribution in [-0.4, -0.2) is 42.5 Å². The van der Waals surface area contributed by atoms with Crippen molar-refractivity contribution < 1.29 is 18.3 Å². The fourth-order valence-corrected chi connectivity index (χ4v) is 2.71. The minimum atomic E-state index is -3.71. The Morgan fingerprint density at radius 3 is 2.79 bits per heavy atom. The molecule has 8 heteroatoms. The van der Waals surface area contributed by atoms with Gasteiger partial charge in [0.2, 0.25) is 0 Å². The fourth-order valence-electron chi connectivity index (χ4n) is 1.12. The highest BCUT2D eigenvalue weighted by atomic mass is 32.2. The van der Waals surface area contributed by atoms with Crippen molar-refractivity contribution in [2.24, 2.45) is 0 Å². The number of carboxylic acid groups (broad SMARTS) is 1. The van der Waals surface area contributed by atoms with E-state index in [0.29, 0.717) is 11.5 Å². The minimum Gasteiger partial charge on any atom is -0.478 e. The van der Waals surface area contributed by atoms with E-state index in [1.807, 2.05) is 0 Å². The standard InChI is InChI=1S/C11H12N2O4S2/c1-2-6-18-7-5-13-19(16,17)10-4-3-9(8-12-10)11(14)15/h1,3-4,8,13H,5-7H2,(H,14,15). The number of sulfonamides is 1. The van der Waals surface area contributed by atoms with Crippen molar-refractivity contribution in [3.05, 3.63) is 23.9 Å². The van der Waals surface area contributed by atoms with E-state index in [4.69, 9.17) is 11.5 Å². The predicted molar refractivity (Wildman–Crippen MR) is 72.5 cm³/mol. The molecule has 0 bridgehead atoms. The SMILES string of the molecule is C#CCSCCNS(=O)(=O)c1ccc(C(=O)O)cn1. The zero-order chi connectivity index (χ0) is 14.3. The molecule has 1 rings (SSSR count). The molecule has 6 nitrogen and oxygen atoms in total. The average molecular weight is 300 g/mol. The molecule has 0 saturated carbocycles. The van der Waals surface area contributed by atoms with Crippen LogP contribution in [-0.2, 0) is 10.0 Å². The number of aromatic nitrogens is 1. The van der Waals surface area contributed by atoms with E-state index in [-0.39, 0.29) is 17.1 Å². The van der Waals surface area contributed by atoms with Crippen LogP contribution < -0.4 is 4.72 Å². The van der Waals surface area contributed by atoms with E-state index < -0.39 is 16.0 Å². The highest BCUT2D eigenvalue weighted by Crippen LogP contribution is 2.07. The van der Waals surface area contributed by atoms with Crippen molar-refractivity contribution in [2.75, 3.05) is 18.1 Å². The van der Waals surface area contributed by atoms with Gasteiger partial charge in [-0.25, -0.2) is 22.9 Å². The van der Waals surface area contributed by atoms with Crippen molar-refractivity contribution >= 4 is 27.8 Å². The maximum atomic E-state index is 11.8. The van der Waals surface area contributed by atoms with E-state index in [1.54, 1.807) is 0 Å². The summed E-state index contributed by atoms with van der Waals surface area (Å²) in [5, 5.41) is 8.47. The first-order valence-electron chi connectivity index (χ1n) is 5.17. The highest BCUT2D eigenvalue weighted by molar-refractivity contribution is 7.99. The molecule has 0 aliphatic heterocycles. The number of aromatic carboxylic acids is 1. The third-order valence-electron chi connectivity index (χ3n) is 1.98. The third-order valence-corrected chi connectivity index (χ3v) is 4.22. The maximum absolute atomic E-state index is 11.8. The van der Waals surface area contributed by atoms with Gasteiger partial charge >= 0.3 is 5.97 Å². The molecule has 102 valence electrons. The number of nitrogens with zero attached hydrogens (tertiary/aromatic N) is 1. The highest BCUT2D eigenvalue weighted by Gasteiger charge is 2.15. The first kappa shape index (κ1) is 15.5. The van der Waals surface area contributed by atoms with Crippen LogP contribution in [0, 0.1) is 12.3 Å². The molecule has 0 spiro atoms. The summed E-state index contributed by atoms with van der Waals surface area (Å²) in [6.45, 7) is 0.233. The van der Waals surface area contributed by atoms with Gasteiger partial charge in [-0.05, 0) is 12.1 Å². The van der Waals surface area contributed by atoms with Gasteiger partial charge in [-0.3, -0.25) is 0 Å². The largest absolute Gasteiger partial charge is 0.478 e. The molecule has 0 radical (unpaired) electrons. The molecule has 0 aliphatic rings. The van der Waals surface area contributed by atoms with Gasteiger partial charge in [-0.15, -0.1) is 18.2 Å². The van der Waals surface area contributed by atoms with Crippen molar-refractivity contribution in [1.82, 2.24) is 9.71 Å². The van der Waals surface area contributed by atoms with Gasteiger partial charge < -0.3 is 5.11 Å². The molecule has 1 aromatic heterocycles. The van der Waals surface area contributed by atoms with Crippen LogP contribution in [0.3, 0.4) is 0 Å². The van der Waals surface area contributed by atoms with Gasteiger partial charge in [-0.1, -0.05) is 5.92 Å². The number of nitrogens with one attached hydrogen (secondary N) is 1. The normalized spacial score (nSPS) is 10.9. The van der Waals surface area contributed by atoms with E-state index in [1.165, 1.54) is 17.8 Å². The van der Waals surface area contributed by atoms with Gasteiger partial charge in [0.15, 0.2) is 5.03 Å². The summed E-state index contributed by atoms with van der Waals surface area (Å²) < 4.78 is 25.9. The van der Waals surface area contributed by atoms with E-state index in [2.05, 4.69) is 15.6 Å². The number of hydrogen-bond donors (Lipinski definition) is 2. The van der Waals surface area contributed by atoms with E-state index >= 15 is 0 Å². The molecule has 0 aliphatic carbocycles. The smallest absolute Gasteiger partial charge is 0.337 e. The van der Waals surface area contributed by atoms with Crippen molar-refractivity contribution in [1.29, 1.82) is 0 Å². The summed E-state index contributed by atoms with van der Waals surface area (Å²) in [5.74, 6) is 2.35. The number of carboxylic acids is 1. The third kappa shape index (κ3) is 4.90. The molecular weight excluding hydrogens is 288 g/mol. The molecule has 0 atom stereocenters. The van der Waals surface area contributed by atoms with Crippen LogP contribution in [0.15, 0.2) is 23.4 Å². The van der Waals surface area contributed by atoms with E-state index in [0.717, 1.165) is 12.3 Å². The molecule has 0 unspecified atom stereocenters. The van der Waals surface area contributed by atoms with E-state index in [9.17, 15) is 13.2 Å². The Balaban J connectivity index is 2.62. The summed E-state index contributed by atoms with van der Waals surface area (Å²) >= 11 is 1.43. The molecule has 1 aromatic rings. The van der Waals surface area contributed by atoms with Gasteiger partial charge in [-0.2, -0.15) is 0 Å². The predicted octanol–water partition coefficient (Wildman–Crippen LogP) is 0.425. The Hall–Kier alpha value is -1.56. The van der Waals surface area contributed by atoms with Crippen molar-refractivity contribution in [2.45, 2.75) is 5.03 Å². The van der Waals surface area contributed by atoms with Gasteiger partial charge in [0.1, 0.15) is 0 Å². The Labute approximate surface area is 115 Å². The van der Waals surface area contributed by atoms with Crippen LogP contribution in [0.4, 0.5) is 0 Å². The number of hydrogen-bond acceptors (Lipinski definition) is 5. The zero-order valence-electron chi connectivity index (χ0n) is 9.87. The van der Waals surface area contributed by atoms with Gasteiger partial charge in [0.25, 0.3) is 10.0 Å². The number of terminal acetylenes is 1. The second kappa shape index (κ2) is 7.13. The Morgan fingerprint density at radius 2 is 2.26 bits per heavy atom. The van der Waals surface area contributed by atoms with Gasteiger partial charge in [0, 0.05) is 18.5 Å². The summed E-state index contributed by atoms with van der Waals surface area (Å²) in [5.41, 5.74) is -0.0662. The Bertz CT molecular complexity index is 576. The van der Waals surface area contributed by atoms with Crippen LogP contribution in [0.2, 0.25) is 0 Å². The lowest BCUT2D eigenvalue weighted by molar-refractivity contribution is 0.0696. The lowest BCUT2D eigenvalue weighted by atomic mass is 10.3. The van der Waals surface area contributed by atoms with Crippen LogP contribution in [0.1, 0.15) is 10.4 Å². The first-order chi connectivity index (χ1) is 8.97. The molecule has 2 N–H and O–H groups in total. The molecule has 19 heavy (non-hydrogen) atoms. The average Bonchev–Trinajstić information content (AvgIpc) is 2.38. The Morgan fingerprint density at radius 1 is 1.53 bits per heavy atom. The van der Waals surface area contributed by atoms with Crippen LogP contribution in [0.25, 0.3) is 0 Å². The molecule has 0 saturated heterocycles. The lowest BCUT2D eigenvalue weighted by Crippen LogP contribution is -2.27. The van der Waals surface area contributed by atoms with Gasteiger partial charge in [0.05, 0.1) is 11.3 Å². The summed E-state index contributed by atoms with van der Waals surface area (Å²) in [6.07, 6.45) is 6.06. The molecule has 0 fully saturated rings. The molecular formula is C11H12N2O4S2. The second-order valence-electron chi connectivity index (χ2n) is 3.34. The second-order valence-corrected chi connectivity index (χ2v) is 6.16. The summed E-state index contributed by atoms with van der Waals surface area (Å²) in [4.78, 5) is 14.2. The number of carbonyl (C=O) groups is 1. The number of thioether (sulfide) groups is 1. The monoisotopic (exact) mass is 300 g/mol. The molecule has 0 amide bonds. The summed E-state index contributed by atoms with van der Waals surface area (Å²) in [7, 11) is -3.71. The lowest BCUT2D eigenvalue weighted by Gasteiger charge is -2.05. The first-order valence-corrected chi connectivity index (χ1v) is 7.81. The minimum absolute atomic E-state index is 0.0662. The molecule has 1 heterocycles.